The van der Waals surface area contributed by atoms with E-state index < -0.39 is 0 Å². The maximum Gasteiger partial charge on any atom is 0.219 e. The molecule has 4 heteroatoms. The summed E-state index contributed by atoms with van der Waals surface area (Å²) in [5, 5.41) is 0.320. The molecule has 0 aromatic heterocycles. The Morgan fingerprint density at radius 2 is 2.00 bits per heavy atom. The molecule has 0 saturated carbocycles. The lowest BCUT2D eigenvalue weighted by atomic mass is 10.3. The second-order valence-corrected chi connectivity index (χ2v) is 3.17. The molecule has 1 amide bonds. The average molecular weight is 236 g/mol. The van der Waals surface area contributed by atoms with E-state index in [1.165, 1.54) is 6.92 Å². The molecule has 0 rings (SSSR count). The topological polar surface area (TPSA) is 37.4 Å². The minimum atomic E-state index is -0.0360. The molecular weight excluding hydrogens is 222 g/mol. The highest BCUT2D eigenvalue weighted by Crippen LogP contribution is 1.94. The number of alkyl halides is 1. The Morgan fingerprint density at radius 3 is 2.33 bits per heavy atom. The summed E-state index contributed by atoms with van der Waals surface area (Å²) in [6.45, 7) is 4.36. The van der Waals surface area contributed by atoms with Crippen LogP contribution in [0.4, 0.5) is 0 Å². The Labute approximate surface area is 81.2 Å². The Balaban J connectivity index is 3.95. The first kappa shape index (κ1) is 11.6. The third kappa shape index (κ3) is 4.49. The zero-order valence-electron chi connectivity index (χ0n) is 7.47. The van der Waals surface area contributed by atoms with Gasteiger partial charge in [0.1, 0.15) is 0 Å². The van der Waals surface area contributed by atoms with Gasteiger partial charge in [-0.15, -0.1) is 0 Å². The van der Waals surface area contributed by atoms with Gasteiger partial charge in [0.2, 0.25) is 5.91 Å². The summed E-state index contributed by atoms with van der Waals surface area (Å²) in [5.41, 5.74) is 0. The highest BCUT2D eigenvalue weighted by atomic mass is 79.9. The van der Waals surface area contributed by atoms with Crippen LogP contribution in [-0.4, -0.2) is 35.0 Å². The van der Waals surface area contributed by atoms with E-state index in [4.69, 9.17) is 0 Å². The van der Waals surface area contributed by atoms with Crippen molar-refractivity contribution in [1.82, 2.24) is 4.90 Å². The zero-order valence-corrected chi connectivity index (χ0v) is 9.06. The Bertz CT molecular complexity index is 168. The Hall–Kier alpha value is -0.380. The van der Waals surface area contributed by atoms with E-state index in [2.05, 4.69) is 15.9 Å². The van der Waals surface area contributed by atoms with Crippen molar-refractivity contribution in [3.8, 4) is 0 Å². The predicted molar refractivity (Wildman–Crippen MR) is 51.3 cm³/mol. The van der Waals surface area contributed by atoms with Gasteiger partial charge in [-0.2, -0.15) is 0 Å². The lowest BCUT2D eigenvalue weighted by Crippen LogP contribution is -2.34. The first-order chi connectivity index (χ1) is 5.61. The standard InChI is InChI=1S/C8H14BrNO2/c1-3-4-10(7(2)11)6-8(12)5-9/h3-6H2,1-2H3. The molecule has 12 heavy (non-hydrogen) atoms. The molecular formula is C8H14BrNO2. The number of halogens is 1. The third-order valence-corrected chi connectivity index (χ3v) is 2.08. The van der Waals surface area contributed by atoms with Gasteiger partial charge in [-0.3, -0.25) is 9.59 Å². The number of ketones is 1. The number of rotatable bonds is 5. The molecule has 0 saturated heterocycles. The van der Waals surface area contributed by atoms with Crippen LogP contribution in [0.5, 0.6) is 0 Å². The minimum Gasteiger partial charge on any atom is -0.336 e. The van der Waals surface area contributed by atoms with E-state index in [-0.39, 0.29) is 18.2 Å². The van der Waals surface area contributed by atoms with Gasteiger partial charge in [-0.25, -0.2) is 0 Å². The van der Waals surface area contributed by atoms with Crippen LogP contribution in [0.25, 0.3) is 0 Å². The molecule has 0 aliphatic carbocycles. The number of Topliss-reactive ketones (excluding diaryl/α,β-unsaturated/α-hetero) is 1. The van der Waals surface area contributed by atoms with Gasteiger partial charge < -0.3 is 4.90 Å². The number of carbonyl (C=O) groups is 2. The van der Waals surface area contributed by atoms with Crippen LogP contribution in [0.2, 0.25) is 0 Å². The van der Waals surface area contributed by atoms with E-state index in [0.29, 0.717) is 11.9 Å². The van der Waals surface area contributed by atoms with Crippen molar-refractivity contribution in [2.24, 2.45) is 0 Å². The van der Waals surface area contributed by atoms with Crippen LogP contribution in [-0.2, 0) is 9.59 Å². The second kappa shape index (κ2) is 6.17. The molecule has 0 bridgehead atoms. The summed E-state index contributed by atoms with van der Waals surface area (Å²) in [4.78, 5) is 23.5. The van der Waals surface area contributed by atoms with Gasteiger partial charge >= 0.3 is 0 Å². The fourth-order valence-electron chi connectivity index (χ4n) is 0.873. The second-order valence-electron chi connectivity index (χ2n) is 2.61. The Morgan fingerprint density at radius 1 is 1.42 bits per heavy atom. The molecule has 0 heterocycles. The summed E-state index contributed by atoms with van der Waals surface area (Å²) >= 11 is 3.06. The summed E-state index contributed by atoms with van der Waals surface area (Å²) in [5.74, 6) is 0.00444. The molecule has 0 aliphatic rings. The smallest absolute Gasteiger partial charge is 0.219 e. The number of hydrogen-bond acceptors (Lipinski definition) is 2. The molecule has 0 fully saturated rings. The largest absolute Gasteiger partial charge is 0.336 e. The van der Waals surface area contributed by atoms with Crippen molar-refractivity contribution in [3.05, 3.63) is 0 Å². The van der Waals surface area contributed by atoms with Crippen molar-refractivity contribution >= 4 is 27.6 Å². The van der Waals surface area contributed by atoms with E-state index in [0.717, 1.165) is 6.42 Å². The summed E-state index contributed by atoms with van der Waals surface area (Å²) < 4.78 is 0. The molecule has 70 valence electrons. The maximum atomic E-state index is 11.0. The number of carbonyl (C=O) groups excluding carboxylic acids is 2. The molecule has 0 aromatic rings. The first-order valence-corrected chi connectivity index (χ1v) is 5.07. The molecule has 0 radical (unpaired) electrons. The van der Waals surface area contributed by atoms with Gasteiger partial charge in [0.25, 0.3) is 0 Å². The highest BCUT2D eigenvalue weighted by Gasteiger charge is 2.10. The summed E-state index contributed by atoms with van der Waals surface area (Å²) in [7, 11) is 0. The highest BCUT2D eigenvalue weighted by molar-refractivity contribution is 9.09. The van der Waals surface area contributed by atoms with Crippen LogP contribution >= 0.6 is 15.9 Å². The average Bonchev–Trinajstić information content (AvgIpc) is 2.03. The van der Waals surface area contributed by atoms with E-state index in [9.17, 15) is 9.59 Å². The summed E-state index contributed by atoms with van der Waals surface area (Å²) in [6.07, 6.45) is 0.884. The van der Waals surface area contributed by atoms with E-state index >= 15 is 0 Å². The molecule has 0 N–H and O–H groups in total. The zero-order chi connectivity index (χ0) is 9.56. The summed E-state index contributed by atoms with van der Waals surface area (Å²) in [6, 6.07) is 0. The van der Waals surface area contributed by atoms with Gasteiger partial charge in [-0.05, 0) is 6.42 Å². The van der Waals surface area contributed by atoms with Gasteiger partial charge in [0.15, 0.2) is 5.78 Å². The normalized spacial score (nSPS) is 9.58. The SMILES string of the molecule is CCCN(CC(=O)CBr)C(C)=O. The minimum absolute atomic E-state index is 0.0360. The van der Waals surface area contributed by atoms with Crippen LogP contribution in [0, 0.1) is 0 Å². The third-order valence-electron chi connectivity index (χ3n) is 1.46. The molecule has 0 aliphatic heterocycles. The molecule has 3 nitrogen and oxygen atoms in total. The van der Waals surface area contributed by atoms with Crippen molar-refractivity contribution in [3.63, 3.8) is 0 Å². The van der Waals surface area contributed by atoms with Crippen molar-refractivity contribution in [2.75, 3.05) is 18.4 Å². The van der Waals surface area contributed by atoms with E-state index in [1.54, 1.807) is 4.90 Å². The van der Waals surface area contributed by atoms with Gasteiger partial charge in [0, 0.05) is 13.5 Å². The van der Waals surface area contributed by atoms with Crippen molar-refractivity contribution in [1.29, 1.82) is 0 Å². The number of nitrogens with zero attached hydrogens (tertiary/aromatic N) is 1. The van der Waals surface area contributed by atoms with Gasteiger partial charge in [-0.1, -0.05) is 22.9 Å². The van der Waals surface area contributed by atoms with Gasteiger partial charge in [0.05, 0.1) is 11.9 Å². The molecule has 0 spiro atoms. The number of amides is 1. The molecule has 0 aromatic carbocycles. The van der Waals surface area contributed by atoms with Crippen LogP contribution in [0.1, 0.15) is 20.3 Å². The lowest BCUT2D eigenvalue weighted by Gasteiger charge is -2.18. The fourth-order valence-corrected chi connectivity index (χ4v) is 1.05. The first-order valence-electron chi connectivity index (χ1n) is 3.95. The van der Waals surface area contributed by atoms with Crippen molar-refractivity contribution < 1.29 is 9.59 Å². The number of hydrogen-bond donors (Lipinski definition) is 0. The fraction of sp³-hybridized carbons (Fsp3) is 0.750. The van der Waals surface area contributed by atoms with Crippen LogP contribution in [0.15, 0.2) is 0 Å². The van der Waals surface area contributed by atoms with Crippen molar-refractivity contribution in [2.45, 2.75) is 20.3 Å². The van der Waals surface area contributed by atoms with Crippen LogP contribution < -0.4 is 0 Å². The predicted octanol–water partition coefficient (Wildman–Crippen LogP) is 1.21. The maximum absolute atomic E-state index is 11.0. The molecule has 0 unspecified atom stereocenters. The monoisotopic (exact) mass is 235 g/mol. The lowest BCUT2D eigenvalue weighted by molar-refractivity contribution is -0.132. The Kier molecular flexibility index (Phi) is 5.98. The van der Waals surface area contributed by atoms with Crippen LogP contribution in [0.3, 0.4) is 0 Å². The van der Waals surface area contributed by atoms with E-state index in [1.807, 2.05) is 6.92 Å². The molecule has 0 atom stereocenters. The quantitative estimate of drug-likeness (QED) is 0.673.